The van der Waals surface area contributed by atoms with Crippen molar-refractivity contribution in [3.05, 3.63) is 52.5 Å². The summed E-state index contributed by atoms with van der Waals surface area (Å²) in [7, 11) is 0. The molecule has 1 aromatic heterocycles. The molecule has 0 atom stereocenters. The second kappa shape index (κ2) is 9.34. The first-order valence-electron chi connectivity index (χ1n) is 10.4. The second-order valence-electron chi connectivity index (χ2n) is 7.84. The molecule has 0 saturated heterocycles. The monoisotopic (exact) mass is 440 g/mol. The fraction of sp³-hybridized carbons (Fsp3) is 0.364. The third-order valence-electron chi connectivity index (χ3n) is 5.45. The maximum atomic E-state index is 12.5. The molecule has 0 unspecified atom stereocenters. The first-order chi connectivity index (χ1) is 15.0. The van der Waals surface area contributed by atoms with Gasteiger partial charge in [-0.05, 0) is 55.7 Å². The number of nitrogens with zero attached hydrogens (tertiary/aromatic N) is 3. The highest BCUT2D eigenvalue weighted by molar-refractivity contribution is 6.33. The molecular weight excluding hydrogens is 416 g/mol. The van der Waals surface area contributed by atoms with Crippen molar-refractivity contribution in [2.45, 2.75) is 45.2 Å². The number of halogens is 1. The number of hydrogen-bond donors (Lipinski definition) is 3. The van der Waals surface area contributed by atoms with Gasteiger partial charge in [0.05, 0.1) is 22.8 Å². The summed E-state index contributed by atoms with van der Waals surface area (Å²) in [6.45, 7) is 2.74. The van der Waals surface area contributed by atoms with Gasteiger partial charge in [0.1, 0.15) is 5.52 Å². The molecule has 4 rings (SSSR count). The van der Waals surface area contributed by atoms with Gasteiger partial charge < -0.3 is 16.0 Å². The minimum absolute atomic E-state index is 0.0727. The molecule has 0 aliphatic heterocycles. The number of aromatic nitrogens is 3. The molecule has 2 aromatic carbocycles. The van der Waals surface area contributed by atoms with E-state index in [0.29, 0.717) is 34.9 Å². The van der Waals surface area contributed by atoms with E-state index in [1.807, 2.05) is 19.1 Å². The number of benzene rings is 2. The van der Waals surface area contributed by atoms with Crippen molar-refractivity contribution in [1.82, 2.24) is 25.6 Å². The zero-order chi connectivity index (χ0) is 21.8. The highest BCUT2D eigenvalue weighted by Gasteiger charge is 2.18. The highest BCUT2D eigenvalue weighted by Crippen LogP contribution is 2.22. The van der Waals surface area contributed by atoms with E-state index in [2.05, 4.69) is 26.3 Å². The van der Waals surface area contributed by atoms with Crippen molar-refractivity contribution in [1.29, 1.82) is 0 Å². The van der Waals surface area contributed by atoms with E-state index in [-0.39, 0.29) is 18.0 Å². The van der Waals surface area contributed by atoms with Crippen LogP contribution in [-0.4, -0.2) is 39.5 Å². The van der Waals surface area contributed by atoms with Gasteiger partial charge in [-0.25, -0.2) is 9.48 Å². The Hall–Kier alpha value is -3.13. The maximum absolute atomic E-state index is 12.5. The van der Waals surface area contributed by atoms with E-state index in [9.17, 15) is 9.59 Å². The van der Waals surface area contributed by atoms with E-state index < -0.39 is 0 Å². The van der Waals surface area contributed by atoms with Crippen molar-refractivity contribution < 1.29 is 9.59 Å². The smallest absolute Gasteiger partial charge is 0.319 e. The first kappa shape index (κ1) is 21.1. The number of rotatable bonds is 6. The largest absolute Gasteiger partial charge is 0.349 e. The van der Waals surface area contributed by atoms with Crippen LogP contribution in [0.25, 0.3) is 11.0 Å². The minimum Gasteiger partial charge on any atom is -0.349 e. The van der Waals surface area contributed by atoms with Crippen molar-refractivity contribution in [3.8, 4) is 0 Å². The molecule has 1 aliphatic rings. The minimum atomic E-state index is -0.346. The Balaban J connectivity index is 1.32. The van der Waals surface area contributed by atoms with Crippen molar-refractivity contribution in [2.24, 2.45) is 0 Å². The van der Waals surface area contributed by atoms with Crippen molar-refractivity contribution in [3.63, 3.8) is 0 Å². The zero-order valence-corrected chi connectivity index (χ0v) is 18.1. The number of carbonyl (C=O) groups is 2. The molecule has 1 fully saturated rings. The summed E-state index contributed by atoms with van der Waals surface area (Å²) < 4.78 is 1.70. The van der Waals surface area contributed by atoms with Crippen molar-refractivity contribution in [2.75, 3.05) is 11.9 Å². The summed E-state index contributed by atoms with van der Waals surface area (Å²) in [4.78, 5) is 24.6. The molecule has 3 N–H and O–H groups in total. The lowest BCUT2D eigenvalue weighted by molar-refractivity contribution is 0.0938. The Labute approximate surface area is 185 Å². The molecule has 1 heterocycles. The molecular formula is C22H25ClN6O2. The molecule has 0 bridgehead atoms. The second-order valence-corrected chi connectivity index (χ2v) is 8.24. The molecule has 162 valence electrons. The summed E-state index contributed by atoms with van der Waals surface area (Å²) in [6.07, 6.45) is 4.42. The predicted molar refractivity (Wildman–Crippen MR) is 120 cm³/mol. The van der Waals surface area contributed by atoms with Crippen LogP contribution in [0, 0.1) is 6.92 Å². The average Bonchev–Trinajstić information content (AvgIpc) is 3.40. The van der Waals surface area contributed by atoms with Gasteiger partial charge in [0.15, 0.2) is 0 Å². The predicted octanol–water partition coefficient (Wildman–Crippen LogP) is 3.89. The topological polar surface area (TPSA) is 101 Å². The average molecular weight is 441 g/mol. The standard InChI is InChI=1S/C22H25ClN6O2/c1-14-6-8-18(17(23)12-14)26-22(31)24-10-11-29-20-9-7-15(13-19(20)27-28-29)21(30)25-16-4-2-3-5-16/h6-9,12-13,16H,2-5,10-11H2,1H3,(H,25,30)(H2,24,26,31). The Kier molecular flexibility index (Phi) is 6.36. The Bertz CT molecular complexity index is 1110. The molecule has 1 aliphatic carbocycles. The third-order valence-corrected chi connectivity index (χ3v) is 5.76. The molecule has 0 spiro atoms. The van der Waals surface area contributed by atoms with Gasteiger partial charge in [-0.3, -0.25) is 4.79 Å². The van der Waals surface area contributed by atoms with Crippen LogP contribution >= 0.6 is 11.6 Å². The fourth-order valence-corrected chi connectivity index (χ4v) is 4.06. The van der Waals surface area contributed by atoms with Gasteiger partial charge in [-0.2, -0.15) is 0 Å². The fourth-order valence-electron chi connectivity index (χ4n) is 3.78. The van der Waals surface area contributed by atoms with E-state index in [1.54, 1.807) is 28.9 Å². The molecule has 31 heavy (non-hydrogen) atoms. The number of urea groups is 1. The normalized spacial score (nSPS) is 14.0. The van der Waals surface area contributed by atoms with Crippen LogP contribution in [0.3, 0.4) is 0 Å². The van der Waals surface area contributed by atoms with E-state index in [1.165, 1.54) is 12.8 Å². The third kappa shape index (κ3) is 5.14. The lowest BCUT2D eigenvalue weighted by Crippen LogP contribution is -2.32. The maximum Gasteiger partial charge on any atom is 0.319 e. The van der Waals surface area contributed by atoms with Gasteiger partial charge in [-0.1, -0.05) is 35.7 Å². The lowest BCUT2D eigenvalue weighted by atomic mass is 10.1. The summed E-state index contributed by atoms with van der Waals surface area (Å²) in [6, 6.07) is 10.7. The van der Waals surface area contributed by atoms with Crippen LogP contribution in [0.1, 0.15) is 41.6 Å². The highest BCUT2D eigenvalue weighted by atomic mass is 35.5. The number of hydrogen-bond acceptors (Lipinski definition) is 4. The van der Waals surface area contributed by atoms with Crippen LogP contribution in [0.15, 0.2) is 36.4 Å². The van der Waals surface area contributed by atoms with Gasteiger partial charge in [0, 0.05) is 18.2 Å². The van der Waals surface area contributed by atoms with E-state index in [0.717, 1.165) is 23.9 Å². The number of carbonyl (C=O) groups excluding carboxylic acids is 2. The molecule has 0 radical (unpaired) electrons. The van der Waals surface area contributed by atoms with E-state index in [4.69, 9.17) is 11.6 Å². The van der Waals surface area contributed by atoms with Crippen LogP contribution < -0.4 is 16.0 Å². The van der Waals surface area contributed by atoms with Crippen LogP contribution in [0.2, 0.25) is 5.02 Å². The zero-order valence-electron chi connectivity index (χ0n) is 17.3. The summed E-state index contributed by atoms with van der Waals surface area (Å²) in [5, 5.41) is 17.4. The molecule has 1 saturated carbocycles. The Morgan fingerprint density at radius 1 is 1.16 bits per heavy atom. The summed E-state index contributed by atoms with van der Waals surface area (Å²) in [5.41, 5.74) is 3.61. The van der Waals surface area contributed by atoms with Crippen molar-refractivity contribution >= 4 is 40.3 Å². The first-order valence-corrected chi connectivity index (χ1v) is 10.8. The number of anilines is 1. The molecule has 3 amide bonds. The number of amides is 3. The summed E-state index contributed by atoms with van der Waals surface area (Å²) in [5.74, 6) is -0.0727. The van der Waals surface area contributed by atoms with Gasteiger partial charge in [-0.15, -0.1) is 5.10 Å². The van der Waals surface area contributed by atoms with Gasteiger partial charge >= 0.3 is 6.03 Å². The van der Waals surface area contributed by atoms with Gasteiger partial charge in [0.25, 0.3) is 5.91 Å². The Morgan fingerprint density at radius 2 is 1.97 bits per heavy atom. The lowest BCUT2D eigenvalue weighted by Gasteiger charge is -2.11. The molecule has 9 heteroatoms. The van der Waals surface area contributed by atoms with Gasteiger partial charge in [0.2, 0.25) is 0 Å². The number of fused-ring (bicyclic) bond motifs is 1. The van der Waals surface area contributed by atoms with Crippen LogP contribution in [0.5, 0.6) is 0 Å². The quantitative estimate of drug-likeness (QED) is 0.541. The number of nitrogens with one attached hydrogen (secondary N) is 3. The molecule has 3 aromatic rings. The van der Waals surface area contributed by atoms with E-state index >= 15 is 0 Å². The Morgan fingerprint density at radius 3 is 2.74 bits per heavy atom. The summed E-state index contributed by atoms with van der Waals surface area (Å²) >= 11 is 6.14. The molecule has 8 nitrogen and oxygen atoms in total. The SMILES string of the molecule is Cc1ccc(NC(=O)NCCn2nnc3cc(C(=O)NC4CCCC4)ccc32)c(Cl)c1. The van der Waals surface area contributed by atoms with Crippen LogP contribution in [0.4, 0.5) is 10.5 Å². The number of aryl methyl sites for hydroxylation is 1. The van der Waals surface area contributed by atoms with Crippen LogP contribution in [-0.2, 0) is 6.54 Å².